The Morgan fingerprint density at radius 3 is 2.59 bits per heavy atom. The fourth-order valence-electron chi connectivity index (χ4n) is 4.16. The lowest BCUT2D eigenvalue weighted by Crippen LogP contribution is -2.42. The molecule has 186 valence electrons. The van der Waals surface area contributed by atoms with Crippen LogP contribution in [-0.2, 0) is 14.8 Å². The smallest absolute Gasteiger partial charge is 0.252 e. The predicted octanol–water partition coefficient (Wildman–Crippen LogP) is 5.31. The molecule has 0 aliphatic carbocycles. The Balaban J connectivity index is 1.90. The Morgan fingerprint density at radius 1 is 1.18 bits per heavy atom. The van der Waals surface area contributed by atoms with Gasteiger partial charge in [0, 0.05) is 47.7 Å². The number of ether oxygens (including phenoxy) is 1. The lowest BCUT2D eigenvalue weighted by atomic mass is 9.94. The molecular weight excluding hydrogens is 492 g/mol. The van der Waals surface area contributed by atoms with Gasteiger partial charge in [0.1, 0.15) is 0 Å². The van der Waals surface area contributed by atoms with Crippen LogP contribution in [-0.4, -0.2) is 51.5 Å². The molecule has 0 spiro atoms. The van der Waals surface area contributed by atoms with Gasteiger partial charge in [-0.15, -0.1) is 0 Å². The van der Waals surface area contributed by atoms with Gasteiger partial charge in [0.15, 0.2) is 0 Å². The van der Waals surface area contributed by atoms with Crippen LogP contribution in [0.5, 0.6) is 0 Å². The third-order valence-electron chi connectivity index (χ3n) is 5.65. The number of halogens is 1. The normalized spacial score (nSPS) is 19.2. The van der Waals surface area contributed by atoms with Gasteiger partial charge >= 0.3 is 0 Å². The molecule has 2 atom stereocenters. The van der Waals surface area contributed by atoms with E-state index >= 15 is 0 Å². The second kappa shape index (κ2) is 12.4. The second-order valence-electron chi connectivity index (χ2n) is 8.79. The lowest BCUT2D eigenvalue weighted by Gasteiger charge is -2.34. The van der Waals surface area contributed by atoms with E-state index in [4.69, 9.17) is 16.3 Å². The largest absolute Gasteiger partial charge is 0.382 e. The molecule has 1 fully saturated rings. The monoisotopic (exact) mass is 524 g/mol. The van der Waals surface area contributed by atoms with Crippen molar-refractivity contribution in [2.45, 2.75) is 48.3 Å². The zero-order valence-corrected chi connectivity index (χ0v) is 22.3. The van der Waals surface area contributed by atoms with E-state index in [1.54, 1.807) is 22.5 Å². The van der Waals surface area contributed by atoms with E-state index in [1.165, 1.54) is 17.8 Å². The quantitative estimate of drug-likeness (QED) is 0.426. The summed E-state index contributed by atoms with van der Waals surface area (Å²) in [7, 11) is -3.71. The van der Waals surface area contributed by atoms with Gasteiger partial charge in [-0.05, 0) is 68.0 Å². The number of hydrogen-bond donors (Lipinski definition) is 1. The Kier molecular flexibility index (Phi) is 9.85. The number of hydrogen-bond acceptors (Lipinski definition) is 5. The molecule has 0 radical (unpaired) electrons. The van der Waals surface area contributed by atoms with E-state index in [-0.39, 0.29) is 10.8 Å². The number of piperidine rings is 1. The maximum absolute atomic E-state index is 13.5. The molecule has 1 aliphatic rings. The SMILES string of the molecule is CCOCCCNC(=O)c1cc(S(=O)(=O)N2C[C@H](C)C[C@H](C)C2)ccc1Sc1cccc(Cl)c1. The van der Waals surface area contributed by atoms with E-state index in [1.807, 2.05) is 25.1 Å². The van der Waals surface area contributed by atoms with Gasteiger partial charge in [-0.2, -0.15) is 4.31 Å². The summed E-state index contributed by atoms with van der Waals surface area (Å²) >= 11 is 7.51. The van der Waals surface area contributed by atoms with Crippen LogP contribution >= 0.6 is 23.4 Å². The maximum atomic E-state index is 13.5. The Labute approximate surface area is 212 Å². The summed E-state index contributed by atoms with van der Waals surface area (Å²) in [5.41, 5.74) is 0.334. The van der Waals surface area contributed by atoms with Gasteiger partial charge in [0.25, 0.3) is 5.91 Å². The molecule has 0 saturated carbocycles. The Hall–Kier alpha value is -1.58. The first-order chi connectivity index (χ1) is 16.2. The van der Waals surface area contributed by atoms with Crippen LogP contribution in [0.25, 0.3) is 0 Å². The zero-order valence-electron chi connectivity index (χ0n) is 19.9. The minimum absolute atomic E-state index is 0.142. The van der Waals surface area contributed by atoms with Crippen LogP contribution < -0.4 is 5.32 Å². The van der Waals surface area contributed by atoms with Crippen molar-refractivity contribution in [2.24, 2.45) is 11.8 Å². The third kappa shape index (κ3) is 7.21. The first-order valence-corrected chi connectivity index (χ1v) is 14.3. The molecule has 1 heterocycles. The Morgan fingerprint density at radius 2 is 1.91 bits per heavy atom. The molecule has 0 aromatic heterocycles. The van der Waals surface area contributed by atoms with Gasteiger partial charge in [-0.3, -0.25) is 4.79 Å². The minimum atomic E-state index is -3.71. The standard InChI is InChI=1S/C25H33ClN2O4S2/c1-4-32-12-6-11-27-25(29)23-15-22(34(30,31)28-16-18(2)13-19(3)17-28)9-10-24(23)33-21-8-5-7-20(26)14-21/h5,7-10,14-15,18-19H,4,6,11-13,16-17H2,1-3H3,(H,27,29)/t18-,19+. The summed E-state index contributed by atoms with van der Waals surface area (Å²) < 4.78 is 33.8. The van der Waals surface area contributed by atoms with Crippen molar-refractivity contribution in [1.29, 1.82) is 0 Å². The number of benzene rings is 2. The molecule has 34 heavy (non-hydrogen) atoms. The molecule has 1 N–H and O–H groups in total. The highest BCUT2D eigenvalue weighted by Crippen LogP contribution is 2.34. The van der Waals surface area contributed by atoms with E-state index in [0.29, 0.717) is 66.6 Å². The van der Waals surface area contributed by atoms with Gasteiger partial charge in [0.05, 0.1) is 10.5 Å². The van der Waals surface area contributed by atoms with E-state index in [2.05, 4.69) is 19.2 Å². The molecule has 2 aromatic carbocycles. The highest BCUT2D eigenvalue weighted by atomic mass is 35.5. The predicted molar refractivity (Wildman–Crippen MR) is 137 cm³/mol. The molecule has 0 unspecified atom stereocenters. The van der Waals surface area contributed by atoms with Crippen LogP contribution in [0.4, 0.5) is 0 Å². The molecule has 6 nitrogen and oxygen atoms in total. The summed E-state index contributed by atoms with van der Waals surface area (Å²) in [6, 6.07) is 12.2. The first kappa shape index (κ1) is 27.0. The van der Waals surface area contributed by atoms with Crippen molar-refractivity contribution in [2.75, 3.05) is 32.8 Å². The molecular formula is C25H33ClN2O4S2. The molecule has 1 aliphatic heterocycles. The first-order valence-electron chi connectivity index (χ1n) is 11.6. The minimum Gasteiger partial charge on any atom is -0.382 e. The van der Waals surface area contributed by atoms with Crippen molar-refractivity contribution >= 4 is 39.3 Å². The van der Waals surface area contributed by atoms with Crippen molar-refractivity contribution in [3.8, 4) is 0 Å². The van der Waals surface area contributed by atoms with Crippen LogP contribution in [0.1, 0.15) is 44.0 Å². The number of nitrogens with zero attached hydrogens (tertiary/aromatic N) is 1. The van der Waals surface area contributed by atoms with E-state index in [0.717, 1.165) is 11.3 Å². The van der Waals surface area contributed by atoms with Crippen LogP contribution in [0.2, 0.25) is 5.02 Å². The van der Waals surface area contributed by atoms with Crippen molar-refractivity contribution in [3.63, 3.8) is 0 Å². The molecule has 9 heteroatoms. The fourth-order valence-corrected chi connectivity index (χ4v) is 7.11. The number of nitrogens with one attached hydrogen (secondary N) is 1. The summed E-state index contributed by atoms with van der Waals surface area (Å²) in [5, 5.41) is 3.50. The zero-order chi connectivity index (χ0) is 24.7. The van der Waals surface area contributed by atoms with Crippen molar-refractivity contribution in [3.05, 3.63) is 53.1 Å². The van der Waals surface area contributed by atoms with Gasteiger partial charge < -0.3 is 10.1 Å². The highest BCUT2D eigenvalue weighted by molar-refractivity contribution is 7.99. The van der Waals surface area contributed by atoms with Crippen molar-refractivity contribution < 1.29 is 17.9 Å². The fraction of sp³-hybridized carbons (Fsp3) is 0.480. The lowest BCUT2D eigenvalue weighted by molar-refractivity contribution is 0.0941. The number of amides is 1. The topological polar surface area (TPSA) is 75.7 Å². The Bertz CT molecular complexity index is 1080. The summed E-state index contributed by atoms with van der Waals surface area (Å²) in [6.45, 7) is 8.68. The van der Waals surface area contributed by atoms with Gasteiger partial charge in [0.2, 0.25) is 10.0 Å². The number of carbonyl (C=O) groups excluding carboxylic acids is 1. The number of carbonyl (C=O) groups is 1. The average Bonchev–Trinajstić information content (AvgIpc) is 2.78. The summed E-state index contributed by atoms with van der Waals surface area (Å²) in [4.78, 5) is 14.8. The number of sulfonamides is 1. The van der Waals surface area contributed by atoms with Crippen molar-refractivity contribution in [1.82, 2.24) is 9.62 Å². The average molecular weight is 525 g/mol. The molecule has 0 bridgehead atoms. The highest BCUT2D eigenvalue weighted by Gasteiger charge is 2.32. The summed E-state index contributed by atoms with van der Waals surface area (Å²) in [5.74, 6) is 0.284. The number of rotatable bonds is 10. The summed E-state index contributed by atoms with van der Waals surface area (Å²) in [6.07, 6.45) is 1.69. The van der Waals surface area contributed by atoms with E-state index in [9.17, 15) is 13.2 Å². The maximum Gasteiger partial charge on any atom is 0.252 e. The van der Waals surface area contributed by atoms with Gasteiger partial charge in [-0.25, -0.2) is 8.42 Å². The second-order valence-corrected chi connectivity index (χ2v) is 12.3. The molecule has 2 aromatic rings. The molecule has 1 saturated heterocycles. The third-order valence-corrected chi connectivity index (χ3v) is 8.78. The van der Waals surface area contributed by atoms with Crippen LogP contribution in [0, 0.1) is 11.8 Å². The van der Waals surface area contributed by atoms with Gasteiger partial charge in [-0.1, -0.05) is 43.3 Å². The van der Waals surface area contributed by atoms with Crippen LogP contribution in [0.3, 0.4) is 0 Å². The molecule has 1 amide bonds. The molecule has 3 rings (SSSR count). The van der Waals surface area contributed by atoms with Crippen LogP contribution in [0.15, 0.2) is 57.2 Å². The van der Waals surface area contributed by atoms with E-state index < -0.39 is 10.0 Å².